The smallest absolute Gasteiger partial charge is 0.389 e. The van der Waals surface area contributed by atoms with Crippen molar-refractivity contribution in [1.82, 2.24) is 0 Å². The quantitative estimate of drug-likeness (QED) is 0.838. The third-order valence-corrected chi connectivity index (χ3v) is 2.30. The molecule has 1 unspecified atom stereocenters. The number of rotatable bonds is 3. The lowest BCUT2D eigenvalue weighted by atomic mass is 10.1. The predicted molar refractivity (Wildman–Crippen MR) is 56.7 cm³/mol. The van der Waals surface area contributed by atoms with Gasteiger partial charge in [-0.05, 0) is 13.0 Å². The summed E-state index contributed by atoms with van der Waals surface area (Å²) in [4.78, 5) is 11.0. The molecular formula is C11H10F5NO2. The van der Waals surface area contributed by atoms with Gasteiger partial charge >= 0.3 is 18.0 Å². The molecule has 0 fully saturated rings. The number of nitrogens with one attached hydrogen (secondary N) is 1. The average Bonchev–Trinajstić information content (AvgIpc) is 2.27. The minimum atomic E-state index is -5.98. The van der Waals surface area contributed by atoms with E-state index in [9.17, 15) is 31.9 Å². The van der Waals surface area contributed by atoms with Crippen LogP contribution in [0, 0.1) is 0 Å². The summed E-state index contributed by atoms with van der Waals surface area (Å²) >= 11 is 0. The zero-order valence-electron chi connectivity index (χ0n) is 9.63. The van der Waals surface area contributed by atoms with Gasteiger partial charge in [0.1, 0.15) is 0 Å². The molecule has 2 N–H and O–H groups in total. The lowest BCUT2D eigenvalue weighted by Gasteiger charge is -2.20. The largest absolute Gasteiger partial charge is 0.463 e. The molecule has 1 amide bonds. The molecule has 19 heavy (non-hydrogen) atoms. The number of benzene rings is 1. The Morgan fingerprint density at radius 2 is 1.74 bits per heavy atom. The second-order valence-electron chi connectivity index (χ2n) is 3.79. The Bertz CT molecular complexity index is 470. The topological polar surface area (TPSA) is 49.3 Å². The molecule has 0 spiro atoms. The highest BCUT2D eigenvalue weighted by atomic mass is 19.4. The molecule has 106 valence electrons. The molecule has 0 saturated carbocycles. The zero-order valence-corrected chi connectivity index (χ0v) is 9.63. The fourth-order valence-electron chi connectivity index (χ4n) is 1.30. The number of halogens is 5. The van der Waals surface area contributed by atoms with E-state index in [-0.39, 0.29) is 11.3 Å². The summed E-state index contributed by atoms with van der Waals surface area (Å²) in [6, 6.07) is 5.19. The highest BCUT2D eigenvalue weighted by Gasteiger charge is 2.63. The number of alkyl halides is 5. The Balaban J connectivity index is 3.01. The molecule has 0 heterocycles. The van der Waals surface area contributed by atoms with Gasteiger partial charge in [-0.2, -0.15) is 22.0 Å². The average molecular weight is 283 g/mol. The highest BCUT2D eigenvalue weighted by molar-refractivity contribution is 5.97. The molecule has 1 aromatic carbocycles. The van der Waals surface area contributed by atoms with Crippen LogP contribution in [-0.2, 0) is 4.79 Å². The molecule has 0 aliphatic heterocycles. The number of carbonyl (C=O) groups is 1. The first-order chi connectivity index (χ1) is 8.57. The van der Waals surface area contributed by atoms with Crippen LogP contribution in [0.3, 0.4) is 0 Å². The van der Waals surface area contributed by atoms with Crippen LogP contribution in [0.2, 0.25) is 0 Å². The Hall–Kier alpha value is -1.70. The van der Waals surface area contributed by atoms with Crippen molar-refractivity contribution in [2.75, 3.05) is 5.32 Å². The molecule has 0 aromatic heterocycles. The first-order valence-electron chi connectivity index (χ1n) is 5.10. The van der Waals surface area contributed by atoms with Gasteiger partial charge in [-0.25, -0.2) is 0 Å². The van der Waals surface area contributed by atoms with Crippen molar-refractivity contribution in [2.45, 2.75) is 25.1 Å². The molecule has 0 aliphatic carbocycles. The number of anilines is 1. The van der Waals surface area contributed by atoms with E-state index in [1.807, 2.05) is 0 Å². The summed E-state index contributed by atoms with van der Waals surface area (Å²) in [5, 5.41) is 10.8. The fourth-order valence-corrected chi connectivity index (χ4v) is 1.30. The van der Waals surface area contributed by atoms with E-state index in [2.05, 4.69) is 0 Å². The maximum absolute atomic E-state index is 12.7. The number of aliphatic hydroxyl groups is 1. The Kier molecular flexibility index (Phi) is 4.14. The molecule has 1 atom stereocenters. The van der Waals surface area contributed by atoms with Crippen LogP contribution in [0.5, 0.6) is 0 Å². The van der Waals surface area contributed by atoms with E-state index in [1.54, 1.807) is 0 Å². The van der Waals surface area contributed by atoms with E-state index >= 15 is 0 Å². The van der Waals surface area contributed by atoms with Crippen LogP contribution in [-0.4, -0.2) is 23.1 Å². The Morgan fingerprint density at radius 1 is 1.21 bits per heavy atom. The summed E-state index contributed by atoms with van der Waals surface area (Å²) < 4.78 is 61.4. The number of carbonyl (C=O) groups excluding carboxylic acids is 1. The van der Waals surface area contributed by atoms with E-state index in [0.29, 0.717) is 0 Å². The summed E-state index contributed by atoms with van der Waals surface area (Å²) in [6.45, 7) is 1.28. The van der Waals surface area contributed by atoms with E-state index < -0.39 is 24.1 Å². The van der Waals surface area contributed by atoms with Crippen molar-refractivity contribution >= 4 is 11.6 Å². The van der Waals surface area contributed by atoms with Gasteiger partial charge in [-0.15, -0.1) is 0 Å². The third kappa shape index (κ3) is 3.19. The van der Waals surface area contributed by atoms with Crippen LogP contribution in [0.1, 0.15) is 18.6 Å². The van der Waals surface area contributed by atoms with Crippen molar-refractivity contribution in [2.24, 2.45) is 0 Å². The monoisotopic (exact) mass is 283 g/mol. The van der Waals surface area contributed by atoms with Gasteiger partial charge in [0.05, 0.1) is 6.10 Å². The molecule has 0 aliphatic rings. The maximum Gasteiger partial charge on any atom is 0.463 e. The molecule has 3 nitrogen and oxygen atoms in total. The van der Waals surface area contributed by atoms with Gasteiger partial charge in [0.25, 0.3) is 0 Å². The van der Waals surface area contributed by atoms with Crippen LogP contribution in [0.4, 0.5) is 27.6 Å². The van der Waals surface area contributed by atoms with Gasteiger partial charge in [-0.1, -0.05) is 18.2 Å². The van der Waals surface area contributed by atoms with Gasteiger partial charge < -0.3 is 10.4 Å². The molecule has 0 saturated heterocycles. The molecule has 0 bridgehead atoms. The SMILES string of the molecule is CC(O)c1ccccc1NC(=O)C(F)(F)C(F)(F)F. The lowest BCUT2D eigenvalue weighted by molar-refractivity contribution is -0.267. The van der Waals surface area contributed by atoms with E-state index in [0.717, 1.165) is 6.07 Å². The lowest BCUT2D eigenvalue weighted by Crippen LogP contribution is -2.47. The van der Waals surface area contributed by atoms with E-state index in [4.69, 9.17) is 0 Å². The standard InChI is InChI=1S/C11H10F5NO2/c1-6(18)7-4-2-3-5-8(7)17-9(19)10(12,13)11(14,15)16/h2-6,18H,1H3,(H,17,19). The minimum Gasteiger partial charge on any atom is -0.389 e. The predicted octanol–water partition coefficient (Wildman–Crippen LogP) is 2.88. The Morgan fingerprint density at radius 3 is 2.21 bits per heavy atom. The summed E-state index contributed by atoms with van der Waals surface area (Å²) in [6.07, 6.45) is -7.10. The Labute approximate surface area is 105 Å². The maximum atomic E-state index is 12.7. The van der Waals surface area contributed by atoms with Crippen molar-refractivity contribution < 1.29 is 31.9 Å². The molecular weight excluding hydrogens is 273 g/mol. The van der Waals surface area contributed by atoms with Gasteiger partial charge in [0.2, 0.25) is 0 Å². The van der Waals surface area contributed by atoms with Crippen LogP contribution < -0.4 is 5.32 Å². The second kappa shape index (κ2) is 5.12. The number of para-hydroxylation sites is 1. The molecule has 0 radical (unpaired) electrons. The summed E-state index contributed by atoms with van der Waals surface area (Å²) in [5.41, 5.74) is -0.264. The normalized spacial score (nSPS) is 14.1. The van der Waals surface area contributed by atoms with Crippen molar-refractivity contribution in [3.8, 4) is 0 Å². The number of aliphatic hydroxyl groups excluding tert-OH is 1. The fraction of sp³-hybridized carbons (Fsp3) is 0.364. The zero-order chi connectivity index (χ0) is 14.8. The second-order valence-corrected chi connectivity index (χ2v) is 3.79. The van der Waals surface area contributed by atoms with Gasteiger partial charge in [0, 0.05) is 11.3 Å². The van der Waals surface area contributed by atoms with Crippen LogP contribution in [0.25, 0.3) is 0 Å². The first kappa shape index (κ1) is 15.4. The highest BCUT2D eigenvalue weighted by Crippen LogP contribution is 2.36. The number of hydrogen-bond donors (Lipinski definition) is 2. The van der Waals surface area contributed by atoms with Gasteiger partial charge in [0.15, 0.2) is 0 Å². The summed E-state index contributed by atoms with van der Waals surface area (Å²) in [5.74, 6) is -7.99. The molecule has 8 heteroatoms. The van der Waals surface area contributed by atoms with Crippen LogP contribution >= 0.6 is 0 Å². The van der Waals surface area contributed by atoms with Crippen molar-refractivity contribution in [3.63, 3.8) is 0 Å². The number of amides is 1. The molecule has 1 rings (SSSR count). The van der Waals surface area contributed by atoms with E-state index in [1.165, 1.54) is 30.4 Å². The van der Waals surface area contributed by atoms with Crippen LogP contribution in [0.15, 0.2) is 24.3 Å². The molecule has 1 aromatic rings. The first-order valence-corrected chi connectivity index (χ1v) is 5.10. The summed E-state index contributed by atoms with van der Waals surface area (Å²) in [7, 11) is 0. The minimum absolute atomic E-state index is 0.0359. The van der Waals surface area contributed by atoms with Crippen molar-refractivity contribution in [1.29, 1.82) is 0 Å². The third-order valence-electron chi connectivity index (χ3n) is 2.30. The number of hydrogen-bond acceptors (Lipinski definition) is 2. The van der Waals surface area contributed by atoms with Crippen molar-refractivity contribution in [3.05, 3.63) is 29.8 Å². The van der Waals surface area contributed by atoms with Gasteiger partial charge in [-0.3, -0.25) is 4.79 Å².